The number of aryl methyl sites for hydroxylation is 2. The molecule has 1 aliphatic carbocycles. The van der Waals surface area contributed by atoms with Crippen molar-refractivity contribution in [1.82, 2.24) is 15.5 Å². The summed E-state index contributed by atoms with van der Waals surface area (Å²) in [6.45, 7) is 5.01. The summed E-state index contributed by atoms with van der Waals surface area (Å²) >= 11 is 1.82. The van der Waals surface area contributed by atoms with Crippen LogP contribution in [0.4, 0.5) is 0 Å². The maximum atomic E-state index is 5.82. The Labute approximate surface area is 123 Å². The van der Waals surface area contributed by atoms with Crippen molar-refractivity contribution in [2.24, 2.45) is 0 Å². The summed E-state index contributed by atoms with van der Waals surface area (Å²) in [5, 5.41) is 11.7. The van der Waals surface area contributed by atoms with Crippen LogP contribution in [-0.4, -0.2) is 16.7 Å². The number of nitrogens with one attached hydrogen (secondary N) is 1. The molecule has 0 saturated heterocycles. The van der Waals surface area contributed by atoms with E-state index in [0.29, 0.717) is 11.8 Å². The average molecular weight is 291 g/mol. The molecule has 2 aromatic rings. The quantitative estimate of drug-likeness (QED) is 0.872. The second-order valence-corrected chi connectivity index (χ2v) is 6.48. The highest BCUT2D eigenvalue weighted by Gasteiger charge is 2.18. The number of rotatable bonds is 4. The smallest absolute Gasteiger partial charge is 0.257 e. The standard InChI is InChI=1S/C15H21N3OS/c1-3-16-10(2)14-17-18-15(19-14)13-9-11-7-5-4-6-8-12(11)20-13/h9-10,16H,3-8H2,1-2H3. The maximum Gasteiger partial charge on any atom is 0.257 e. The van der Waals surface area contributed by atoms with Crippen LogP contribution in [0.2, 0.25) is 0 Å². The average Bonchev–Trinajstić information content (AvgIpc) is 3.02. The first kappa shape index (κ1) is 13.8. The number of fused-ring (bicyclic) bond motifs is 1. The summed E-state index contributed by atoms with van der Waals surface area (Å²) < 4.78 is 5.82. The lowest BCUT2D eigenvalue weighted by atomic mass is 10.1. The van der Waals surface area contributed by atoms with Gasteiger partial charge in [0.2, 0.25) is 5.89 Å². The molecule has 0 aromatic carbocycles. The fourth-order valence-corrected chi connectivity index (χ4v) is 3.85. The van der Waals surface area contributed by atoms with Crippen molar-refractivity contribution in [2.75, 3.05) is 6.54 Å². The number of hydrogen-bond acceptors (Lipinski definition) is 5. The summed E-state index contributed by atoms with van der Waals surface area (Å²) in [5.74, 6) is 1.34. The van der Waals surface area contributed by atoms with E-state index in [1.807, 2.05) is 18.3 Å². The van der Waals surface area contributed by atoms with Crippen molar-refractivity contribution in [3.05, 3.63) is 22.4 Å². The summed E-state index contributed by atoms with van der Waals surface area (Å²) in [6, 6.07) is 2.36. The van der Waals surface area contributed by atoms with Crippen LogP contribution in [-0.2, 0) is 12.8 Å². The van der Waals surface area contributed by atoms with Crippen LogP contribution in [0.5, 0.6) is 0 Å². The molecular formula is C15H21N3OS. The van der Waals surface area contributed by atoms with Gasteiger partial charge in [-0.1, -0.05) is 13.3 Å². The van der Waals surface area contributed by atoms with E-state index < -0.39 is 0 Å². The zero-order valence-electron chi connectivity index (χ0n) is 12.1. The fraction of sp³-hybridized carbons (Fsp3) is 0.600. The van der Waals surface area contributed by atoms with Crippen molar-refractivity contribution in [3.63, 3.8) is 0 Å². The predicted octanol–water partition coefficient (Wildman–Crippen LogP) is 3.74. The lowest BCUT2D eigenvalue weighted by Gasteiger charge is -2.05. The Balaban J connectivity index is 1.83. The maximum absolute atomic E-state index is 5.82. The van der Waals surface area contributed by atoms with E-state index in [4.69, 9.17) is 4.42 Å². The highest BCUT2D eigenvalue weighted by molar-refractivity contribution is 7.15. The molecule has 0 amide bonds. The Hall–Kier alpha value is -1.20. The minimum absolute atomic E-state index is 0.110. The zero-order chi connectivity index (χ0) is 13.9. The van der Waals surface area contributed by atoms with Crippen molar-refractivity contribution >= 4 is 11.3 Å². The third-order valence-electron chi connectivity index (χ3n) is 3.78. The fourth-order valence-electron chi connectivity index (χ4n) is 2.68. The minimum atomic E-state index is 0.110. The molecule has 108 valence electrons. The number of nitrogens with zero attached hydrogens (tertiary/aromatic N) is 2. The third-order valence-corrected chi connectivity index (χ3v) is 5.00. The SMILES string of the molecule is CCNC(C)c1nnc(-c2cc3c(s2)CCCCC3)o1. The summed E-state index contributed by atoms with van der Waals surface area (Å²) in [6.07, 6.45) is 6.35. The first-order valence-electron chi connectivity index (χ1n) is 7.46. The highest BCUT2D eigenvalue weighted by Crippen LogP contribution is 2.34. The van der Waals surface area contributed by atoms with E-state index in [9.17, 15) is 0 Å². The van der Waals surface area contributed by atoms with Gasteiger partial charge < -0.3 is 9.73 Å². The van der Waals surface area contributed by atoms with Crippen molar-refractivity contribution < 1.29 is 4.42 Å². The topological polar surface area (TPSA) is 51.0 Å². The summed E-state index contributed by atoms with van der Waals surface area (Å²) in [4.78, 5) is 2.64. The van der Waals surface area contributed by atoms with Gasteiger partial charge in [0.1, 0.15) is 0 Å². The first-order valence-corrected chi connectivity index (χ1v) is 8.28. The van der Waals surface area contributed by atoms with Gasteiger partial charge in [0.15, 0.2) is 0 Å². The molecule has 0 fully saturated rings. The Morgan fingerprint density at radius 1 is 1.30 bits per heavy atom. The molecule has 1 aliphatic rings. The molecule has 20 heavy (non-hydrogen) atoms. The van der Waals surface area contributed by atoms with E-state index >= 15 is 0 Å². The Bertz CT molecular complexity index is 552. The molecular weight excluding hydrogens is 270 g/mol. The van der Waals surface area contributed by atoms with Gasteiger partial charge in [-0.15, -0.1) is 21.5 Å². The molecule has 4 nitrogen and oxygen atoms in total. The molecule has 1 unspecified atom stereocenters. The van der Waals surface area contributed by atoms with Crippen molar-refractivity contribution in [2.45, 2.75) is 52.0 Å². The van der Waals surface area contributed by atoms with Crippen LogP contribution in [0.15, 0.2) is 10.5 Å². The van der Waals surface area contributed by atoms with Crippen LogP contribution >= 0.6 is 11.3 Å². The molecule has 0 aliphatic heterocycles. The van der Waals surface area contributed by atoms with E-state index in [2.05, 4.69) is 28.5 Å². The van der Waals surface area contributed by atoms with E-state index in [1.165, 1.54) is 42.5 Å². The first-order chi connectivity index (χ1) is 9.78. The number of aromatic nitrogens is 2. The van der Waals surface area contributed by atoms with E-state index in [-0.39, 0.29) is 6.04 Å². The number of thiophene rings is 1. The molecule has 5 heteroatoms. The van der Waals surface area contributed by atoms with E-state index in [1.54, 1.807) is 0 Å². The van der Waals surface area contributed by atoms with Gasteiger partial charge in [0, 0.05) is 4.88 Å². The molecule has 2 aromatic heterocycles. The highest BCUT2D eigenvalue weighted by atomic mass is 32.1. The molecule has 1 atom stereocenters. The van der Waals surface area contributed by atoms with E-state index in [0.717, 1.165) is 11.4 Å². The van der Waals surface area contributed by atoms with Gasteiger partial charge in [-0.2, -0.15) is 0 Å². The molecule has 0 bridgehead atoms. The zero-order valence-corrected chi connectivity index (χ0v) is 12.9. The van der Waals surface area contributed by atoms with Crippen LogP contribution in [0.25, 0.3) is 10.8 Å². The van der Waals surface area contributed by atoms with Gasteiger partial charge in [-0.3, -0.25) is 0 Å². The Morgan fingerprint density at radius 2 is 2.15 bits per heavy atom. The Kier molecular flexibility index (Phi) is 4.17. The molecule has 0 radical (unpaired) electrons. The van der Waals surface area contributed by atoms with Crippen molar-refractivity contribution in [1.29, 1.82) is 0 Å². The van der Waals surface area contributed by atoms with Gasteiger partial charge in [-0.05, 0) is 50.8 Å². The van der Waals surface area contributed by atoms with Gasteiger partial charge in [0.25, 0.3) is 5.89 Å². The Morgan fingerprint density at radius 3 is 3.00 bits per heavy atom. The molecule has 1 N–H and O–H groups in total. The predicted molar refractivity (Wildman–Crippen MR) is 81.0 cm³/mol. The van der Waals surface area contributed by atoms with Crippen LogP contribution < -0.4 is 5.32 Å². The van der Waals surface area contributed by atoms with Gasteiger partial charge >= 0.3 is 0 Å². The molecule has 3 rings (SSSR count). The normalized spacial score (nSPS) is 16.7. The lowest BCUT2D eigenvalue weighted by Crippen LogP contribution is -2.17. The van der Waals surface area contributed by atoms with Crippen molar-refractivity contribution in [3.8, 4) is 10.8 Å². The number of hydrogen-bond donors (Lipinski definition) is 1. The van der Waals surface area contributed by atoms with Crippen LogP contribution in [0, 0.1) is 0 Å². The minimum Gasteiger partial charge on any atom is -0.418 e. The molecule has 0 saturated carbocycles. The van der Waals surface area contributed by atoms with Gasteiger partial charge in [-0.25, -0.2) is 0 Å². The summed E-state index contributed by atoms with van der Waals surface area (Å²) in [7, 11) is 0. The monoisotopic (exact) mass is 291 g/mol. The van der Waals surface area contributed by atoms with Crippen LogP contribution in [0.1, 0.15) is 55.5 Å². The largest absolute Gasteiger partial charge is 0.418 e. The molecule has 0 spiro atoms. The molecule has 2 heterocycles. The van der Waals surface area contributed by atoms with Gasteiger partial charge in [0.05, 0.1) is 10.9 Å². The third kappa shape index (κ3) is 2.79. The second-order valence-electron chi connectivity index (χ2n) is 5.34. The second kappa shape index (κ2) is 6.06. The lowest BCUT2D eigenvalue weighted by molar-refractivity contribution is 0.429. The summed E-state index contributed by atoms with van der Waals surface area (Å²) in [5.41, 5.74) is 1.49. The van der Waals surface area contributed by atoms with Crippen LogP contribution in [0.3, 0.4) is 0 Å².